The highest BCUT2D eigenvalue weighted by Gasteiger charge is 2.30. The Morgan fingerprint density at radius 2 is 1.71 bits per heavy atom. The third-order valence-electron chi connectivity index (χ3n) is 6.85. The van der Waals surface area contributed by atoms with Gasteiger partial charge in [0.2, 0.25) is 5.91 Å². The first kappa shape index (κ1) is 24.7. The fourth-order valence-electron chi connectivity index (χ4n) is 4.84. The van der Waals surface area contributed by atoms with Crippen LogP contribution in [0, 0.1) is 17.2 Å². The van der Waals surface area contributed by atoms with Crippen molar-refractivity contribution in [1.82, 2.24) is 15.3 Å². The maximum absolute atomic E-state index is 13.0. The van der Waals surface area contributed by atoms with Crippen LogP contribution in [0.4, 0.5) is 5.82 Å². The molecule has 4 rings (SSSR count). The monoisotopic (exact) mass is 469 g/mol. The van der Waals surface area contributed by atoms with E-state index in [1.165, 1.54) is 5.56 Å². The van der Waals surface area contributed by atoms with Crippen molar-refractivity contribution < 1.29 is 4.79 Å². The lowest BCUT2D eigenvalue weighted by molar-refractivity contribution is -0.121. The molecule has 0 aliphatic carbocycles. The van der Waals surface area contributed by atoms with Crippen molar-refractivity contribution >= 4 is 22.8 Å². The van der Waals surface area contributed by atoms with Crippen molar-refractivity contribution in [1.29, 1.82) is 5.26 Å². The zero-order valence-corrected chi connectivity index (χ0v) is 20.6. The van der Waals surface area contributed by atoms with E-state index >= 15 is 0 Å². The Bertz CT molecular complexity index is 1150. The number of nitrogens with zero attached hydrogens (tertiary/aromatic N) is 4. The summed E-state index contributed by atoms with van der Waals surface area (Å²) >= 11 is 0. The first-order valence-electron chi connectivity index (χ1n) is 12.9. The first-order valence-corrected chi connectivity index (χ1v) is 12.9. The van der Waals surface area contributed by atoms with Crippen LogP contribution in [-0.2, 0) is 11.2 Å². The Labute approximate surface area is 208 Å². The van der Waals surface area contributed by atoms with Gasteiger partial charge in [0, 0.05) is 19.6 Å². The Morgan fingerprint density at radius 1 is 1.03 bits per heavy atom. The van der Waals surface area contributed by atoms with Gasteiger partial charge in [-0.3, -0.25) is 4.79 Å². The number of carbonyl (C=O) groups excluding carboxylic acids is 1. The second-order valence-electron chi connectivity index (χ2n) is 9.46. The topological polar surface area (TPSA) is 81.9 Å². The smallest absolute Gasteiger partial charge is 0.243 e. The minimum Gasteiger partial charge on any atom is -0.355 e. The number of unbranched alkanes of at least 4 members (excludes halogenated alkanes) is 3. The van der Waals surface area contributed by atoms with Crippen LogP contribution in [0.1, 0.15) is 62.6 Å². The molecular formula is C29H35N5O. The number of nitriles is 1. The van der Waals surface area contributed by atoms with E-state index in [1.807, 2.05) is 24.3 Å². The number of hydrogen-bond donors (Lipinski definition) is 1. The molecule has 0 bridgehead atoms. The van der Waals surface area contributed by atoms with E-state index < -0.39 is 5.92 Å². The van der Waals surface area contributed by atoms with Crippen LogP contribution in [-0.4, -0.2) is 35.5 Å². The molecule has 1 aromatic heterocycles. The standard InChI is InChI=1S/C29H35N5O/c1-2-3-4-10-17-31-29(35)24(21-30)27-28(33-26-14-9-8-13-25(26)32-27)34-18-15-23(16-19-34)20-22-11-6-5-7-12-22/h5-9,11-14,23-24H,2-4,10,15-20H2,1H3,(H,31,35)/t24-/m1/s1. The lowest BCUT2D eigenvalue weighted by Crippen LogP contribution is -2.37. The summed E-state index contributed by atoms with van der Waals surface area (Å²) in [4.78, 5) is 24.9. The highest BCUT2D eigenvalue weighted by molar-refractivity contribution is 5.88. The molecule has 1 fully saturated rings. The number of carbonyl (C=O) groups is 1. The summed E-state index contributed by atoms with van der Waals surface area (Å²) < 4.78 is 0. The first-order chi connectivity index (χ1) is 17.2. The van der Waals surface area contributed by atoms with Gasteiger partial charge in [0.15, 0.2) is 11.7 Å². The predicted octanol–water partition coefficient (Wildman–Crippen LogP) is 5.39. The summed E-state index contributed by atoms with van der Waals surface area (Å²) in [6.45, 7) is 4.43. The summed E-state index contributed by atoms with van der Waals surface area (Å²) in [5.41, 5.74) is 3.34. The molecule has 1 amide bonds. The average Bonchev–Trinajstić information content (AvgIpc) is 2.90. The van der Waals surface area contributed by atoms with Gasteiger partial charge >= 0.3 is 0 Å². The van der Waals surface area contributed by atoms with Gasteiger partial charge in [-0.25, -0.2) is 9.97 Å². The molecule has 6 nitrogen and oxygen atoms in total. The molecule has 0 unspecified atom stereocenters. The van der Waals surface area contributed by atoms with Crippen LogP contribution in [0.25, 0.3) is 11.0 Å². The molecule has 1 aliphatic heterocycles. The quantitative estimate of drug-likeness (QED) is 0.403. The molecule has 2 aromatic carbocycles. The molecule has 6 heteroatoms. The van der Waals surface area contributed by atoms with Gasteiger partial charge in [-0.15, -0.1) is 0 Å². The maximum atomic E-state index is 13.0. The van der Waals surface area contributed by atoms with E-state index in [9.17, 15) is 10.1 Å². The van der Waals surface area contributed by atoms with Crippen LogP contribution >= 0.6 is 0 Å². The number of nitrogens with one attached hydrogen (secondary N) is 1. The molecule has 1 saturated heterocycles. The van der Waals surface area contributed by atoms with Crippen LogP contribution < -0.4 is 10.2 Å². The van der Waals surface area contributed by atoms with E-state index in [2.05, 4.69) is 53.5 Å². The number of fused-ring (bicyclic) bond motifs is 1. The molecule has 1 atom stereocenters. The molecule has 1 N–H and O–H groups in total. The minimum atomic E-state index is -0.977. The van der Waals surface area contributed by atoms with Crippen molar-refractivity contribution in [2.45, 2.75) is 57.8 Å². The van der Waals surface area contributed by atoms with Gasteiger partial charge in [-0.2, -0.15) is 5.26 Å². The number of rotatable bonds is 10. The Kier molecular flexibility index (Phi) is 8.67. The Balaban J connectivity index is 1.52. The second kappa shape index (κ2) is 12.3. The normalized spacial score (nSPS) is 15.0. The summed E-state index contributed by atoms with van der Waals surface area (Å²) in [6, 6.07) is 20.5. The van der Waals surface area contributed by atoms with Crippen molar-refractivity contribution in [2.24, 2.45) is 5.92 Å². The third-order valence-corrected chi connectivity index (χ3v) is 6.85. The van der Waals surface area contributed by atoms with Crippen molar-refractivity contribution in [3.8, 4) is 6.07 Å². The molecule has 0 spiro atoms. The predicted molar refractivity (Wildman–Crippen MR) is 140 cm³/mol. The number of anilines is 1. The SMILES string of the molecule is CCCCCCNC(=O)[C@H](C#N)c1nc2ccccc2nc1N1CCC(Cc2ccccc2)CC1. The second-order valence-corrected chi connectivity index (χ2v) is 9.46. The van der Waals surface area contributed by atoms with Gasteiger partial charge in [0.1, 0.15) is 5.69 Å². The fraction of sp³-hybridized carbons (Fsp3) is 0.448. The maximum Gasteiger partial charge on any atom is 0.243 e. The molecule has 0 radical (unpaired) electrons. The van der Waals surface area contributed by atoms with E-state index in [4.69, 9.17) is 9.97 Å². The number of aromatic nitrogens is 2. The van der Waals surface area contributed by atoms with Gasteiger partial charge < -0.3 is 10.2 Å². The highest BCUT2D eigenvalue weighted by Crippen LogP contribution is 2.31. The van der Waals surface area contributed by atoms with E-state index in [0.717, 1.165) is 63.6 Å². The Morgan fingerprint density at radius 3 is 2.40 bits per heavy atom. The van der Waals surface area contributed by atoms with Gasteiger partial charge in [0.25, 0.3) is 0 Å². The van der Waals surface area contributed by atoms with Crippen LogP contribution in [0.5, 0.6) is 0 Å². The minimum absolute atomic E-state index is 0.284. The molecule has 182 valence electrons. The van der Waals surface area contributed by atoms with Crippen molar-refractivity contribution in [2.75, 3.05) is 24.5 Å². The summed E-state index contributed by atoms with van der Waals surface area (Å²) in [6.07, 6.45) is 7.46. The van der Waals surface area contributed by atoms with Gasteiger partial charge in [-0.05, 0) is 49.3 Å². The van der Waals surface area contributed by atoms with Crippen molar-refractivity contribution in [3.63, 3.8) is 0 Å². The van der Waals surface area contributed by atoms with Crippen LogP contribution in [0.15, 0.2) is 54.6 Å². The van der Waals surface area contributed by atoms with Crippen molar-refractivity contribution in [3.05, 3.63) is 65.9 Å². The molecule has 3 aromatic rings. The lowest BCUT2D eigenvalue weighted by Gasteiger charge is -2.34. The largest absolute Gasteiger partial charge is 0.355 e. The number of hydrogen-bond acceptors (Lipinski definition) is 5. The zero-order valence-electron chi connectivity index (χ0n) is 20.6. The van der Waals surface area contributed by atoms with E-state index in [1.54, 1.807) is 0 Å². The van der Waals surface area contributed by atoms with Gasteiger partial charge in [0.05, 0.1) is 17.1 Å². The molecule has 1 aliphatic rings. The van der Waals surface area contributed by atoms with Gasteiger partial charge in [-0.1, -0.05) is 68.7 Å². The summed E-state index contributed by atoms with van der Waals surface area (Å²) in [7, 11) is 0. The highest BCUT2D eigenvalue weighted by atomic mass is 16.1. The molecule has 2 heterocycles. The van der Waals surface area contributed by atoms with Crippen LogP contribution in [0.3, 0.4) is 0 Å². The van der Waals surface area contributed by atoms with E-state index in [-0.39, 0.29) is 5.91 Å². The summed E-state index contributed by atoms with van der Waals surface area (Å²) in [5, 5.41) is 13.0. The fourth-order valence-corrected chi connectivity index (χ4v) is 4.84. The average molecular weight is 470 g/mol. The lowest BCUT2D eigenvalue weighted by atomic mass is 9.90. The zero-order chi connectivity index (χ0) is 24.5. The molecule has 0 saturated carbocycles. The summed E-state index contributed by atoms with van der Waals surface area (Å²) in [5.74, 6) is 0.0300. The Hall–Kier alpha value is -3.46. The van der Waals surface area contributed by atoms with E-state index in [0.29, 0.717) is 29.5 Å². The van der Waals surface area contributed by atoms with Crippen LogP contribution in [0.2, 0.25) is 0 Å². The molecule has 35 heavy (non-hydrogen) atoms. The number of para-hydroxylation sites is 2. The third kappa shape index (κ3) is 6.36. The number of benzene rings is 2. The molecular weight excluding hydrogens is 434 g/mol. The number of amides is 1. The number of piperidine rings is 1.